The number of hydrogen-bond acceptors (Lipinski definition) is 2. The predicted octanol–water partition coefficient (Wildman–Crippen LogP) is 3.37. The van der Waals surface area contributed by atoms with E-state index in [0.29, 0.717) is 5.56 Å². The summed E-state index contributed by atoms with van der Waals surface area (Å²) in [5.74, 6) is -1.09. The van der Waals surface area contributed by atoms with Crippen LogP contribution in [0.5, 0.6) is 0 Å². The van der Waals surface area contributed by atoms with Crippen LogP contribution in [0.25, 0.3) is 0 Å². The van der Waals surface area contributed by atoms with Crippen molar-refractivity contribution < 1.29 is 14.7 Å². The molecule has 114 valence electrons. The number of amides is 1. The van der Waals surface area contributed by atoms with Gasteiger partial charge in [0.1, 0.15) is 0 Å². The number of hydrogen-bond donors (Lipinski definition) is 1. The van der Waals surface area contributed by atoms with Gasteiger partial charge in [-0.05, 0) is 30.2 Å². The Morgan fingerprint density at radius 1 is 1.00 bits per heavy atom. The second-order valence-electron chi connectivity index (χ2n) is 4.95. The molecule has 0 heterocycles. The molecule has 4 heteroatoms. The average molecular weight is 297 g/mol. The van der Waals surface area contributed by atoms with Crippen LogP contribution in [0.2, 0.25) is 0 Å². The van der Waals surface area contributed by atoms with Crippen molar-refractivity contribution in [2.75, 3.05) is 11.4 Å². The Morgan fingerprint density at radius 2 is 1.64 bits per heavy atom. The Morgan fingerprint density at radius 3 is 2.27 bits per heavy atom. The minimum atomic E-state index is -0.917. The summed E-state index contributed by atoms with van der Waals surface area (Å²) in [7, 11) is 0. The number of aryl methyl sites for hydroxylation is 1. The molecule has 0 aliphatic heterocycles. The Hall–Kier alpha value is -2.62. The van der Waals surface area contributed by atoms with Gasteiger partial charge >= 0.3 is 5.97 Å². The van der Waals surface area contributed by atoms with Crippen molar-refractivity contribution >= 4 is 17.6 Å². The molecule has 0 aromatic heterocycles. The summed E-state index contributed by atoms with van der Waals surface area (Å²) in [5, 5.41) is 8.95. The van der Waals surface area contributed by atoms with Crippen LogP contribution in [0.3, 0.4) is 0 Å². The van der Waals surface area contributed by atoms with Gasteiger partial charge in [-0.2, -0.15) is 0 Å². The summed E-state index contributed by atoms with van der Waals surface area (Å²) in [6, 6.07) is 16.5. The van der Waals surface area contributed by atoms with Crippen molar-refractivity contribution in [3.8, 4) is 0 Å². The molecular weight excluding hydrogens is 278 g/mol. The first-order chi connectivity index (χ1) is 10.6. The maximum Gasteiger partial charge on any atom is 0.305 e. The molecule has 2 rings (SSSR count). The standard InChI is InChI=1S/C18H19NO3/c1-2-14-8-6-7-11-16(14)19(13-12-17(20)21)18(22)15-9-4-3-5-10-15/h3-11H,2,12-13H2,1H3,(H,20,21). The SMILES string of the molecule is CCc1ccccc1N(CCC(=O)O)C(=O)c1ccccc1. The molecule has 0 aliphatic carbocycles. The number of nitrogens with zero attached hydrogens (tertiary/aromatic N) is 1. The average Bonchev–Trinajstić information content (AvgIpc) is 2.55. The second kappa shape index (κ2) is 7.41. The number of rotatable bonds is 6. The lowest BCUT2D eigenvalue weighted by Crippen LogP contribution is -2.33. The van der Waals surface area contributed by atoms with Crippen LogP contribution in [-0.4, -0.2) is 23.5 Å². The van der Waals surface area contributed by atoms with Gasteiger partial charge in [-0.15, -0.1) is 0 Å². The highest BCUT2D eigenvalue weighted by molar-refractivity contribution is 6.06. The fraction of sp³-hybridized carbons (Fsp3) is 0.222. The van der Waals surface area contributed by atoms with E-state index in [1.807, 2.05) is 37.3 Å². The van der Waals surface area contributed by atoms with E-state index in [4.69, 9.17) is 5.11 Å². The van der Waals surface area contributed by atoms with Crippen LogP contribution in [0.1, 0.15) is 29.3 Å². The van der Waals surface area contributed by atoms with E-state index in [1.54, 1.807) is 29.2 Å². The number of anilines is 1. The Labute approximate surface area is 130 Å². The Balaban J connectivity index is 2.38. The summed E-state index contributed by atoms with van der Waals surface area (Å²) >= 11 is 0. The summed E-state index contributed by atoms with van der Waals surface area (Å²) in [4.78, 5) is 25.2. The van der Waals surface area contributed by atoms with Gasteiger partial charge in [0, 0.05) is 17.8 Å². The number of carbonyl (C=O) groups excluding carboxylic acids is 1. The molecular formula is C18H19NO3. The lowest BCUT2D eigenvalue weighted by Gasteiger charge is -2.24. The van der Waals surface area contributed by atoms with Crippen LogP contribution < -0.4 is 4.90 Å². The van der Waals surface area contributed by atoms with Crippen molar-refractivity contribution in [2.24, 2.45) is 0 Å². The Bertz CT molecular complexity index is 652. The topological polar surface area (TPSA) is 57.6 Å². The van der Waals surface area contributed by atoms with Gasteiger partial charge in [-0.3, -0.25) is 9.59 Å². The van der Waals surface area contributed by atoms with E-state index in [9.17, 15) is 9.59 Å². The maximum absolute atomic E-state index is 12.8. The first kappa shape index (κ1) is 15.8. The van der Waals surface area contributed by atoms with Crippen LogP contribution in [-0.2, 0) is 11.2 Å². The highest BCUT2D eigenvalue weighted by atomic mass is 16.4. The van der Waals surface area contributed by atoms with E-state index >= 15 is 0 Å². The molecule has 22 heavy (non-hydrogen) atoms. The van der Waals surface area contributed by atoms with Crippen LogP contribution in [0.4, 0.5) is 5.69 Å². The number of carboxylic acids is 1. The first-order valence-corrected chi connectivity index (χ1v) is 7.30. The zero-order chi connectivity index (χ0) is 15.9. The third kappa shape index (κ3) is 3.73. The van der Waals surface area contributed by atoms with Gasteiger partial charge in [0.2, 0.25) is 0 Å². The normalized spacial score (nSPS) is 10.2. The van der Waals surface area contributed by atoms with Gasteiger partial charge in [-0.1, -0.05) is 43.3 Å². The molecule has 0 bridgehead atoms. The van der Waals surface area contributed by atoms with Crippen molar-refractivity contribution in [3.05, 3.63) is 65.7 Å². The van der Waals surface area contributed by atoms with Crippen LogP contribution in [0, 0.1) is 0 Å². The third-order valence-corrected chi connectivity index (χ3v) is 3.48. The van der Waals surface area contributed by atoms with Crippen LogP contribution >= 0.6 is 0 Å². The maximum atomic E-state index is 12.8. The van der Waals surface area contributed by atoms with Crippen molar-refractivity contribution in [1.82, 2.24) is 0 Å². The molecule has 0 saturated carbocycles. The number of aliphatic carboxylic acids is 1. The number of para-hydroxylation sites is 1. The summed E-state index contributed by atoms with van der Waals surface area (Å²) in [6.07, 6.45) is 0.693. The molecule has 0 unspecified atom stereocenters. The summed E-state index contributed by atoms with van der Waals surface area (Å²) in [5.41, 5.74) is 2.36. The summed E-state index contributed by atoms with van der Waals surface area (Å²) < 4.78 is 0. The van der Waals surface area contributed by atoms with E-state index in [-0.39, 0.29) is 18.9 Å². The molecule has 4 nitrogen and oxygen atoms in total. The molecule has 2 aromatic carbocycles. The fourth-order valence-corrected chi connectivity index (χ4v) is 2.35. The lowest BCUT2D eigenvalue weighted by atomic mass is 10.1. The van der Waals surface area contributed by atoms with E-state index < -0.39 is 5.97 Å². The Kier molecular flexibility index (Phi) is 5.31. The van der Waals surface area contributed by atoms with Gasteiger partial charge in [-0.25, -0.2) is 0 Å². The fourth-order valence-electron chi connectivity index (χ4n) is 2.35. The smallest absolute Gasteiger partial charge is 0.305 e. The molecule has 1 amide bonds. The zero-order valence-electron chi connectivity index (χ0n) is 12.5. The van der Waals surface area contributed by atoms with E-state index in [1.165, 1.54) is 0 Å². The highest BCUT2D eigenvalue weighted by Gasteiger charge is 2.20. The number of carboxylic acid groups (broad SMARTS) is 1. The van der Waals surface area contributed by atoms with Gasteiger partial charge < -0.3 is 10.0 Å². The lowest BCUT2D eigenvalue weighted by molar-refractivity contribution is -0.136. The number of carbonyl (C=O) groups is 2. The zero-order valence-corrected chi connectivity index (χ0v) is 12.5. The van der Waals surface area contributed by atoms with Crippen molar-refractivity contribution in [3.63, 3.8) is 0 Å². The van der Waals surface area contributed by atoms with Crippen molar-refractivity contribution in [1.29, 1.82) is 0 Å². The summed E-state index contributed by atoms with van der Waals surface area (Å²) in [6.45, 7) is 2.17. The van der Waals surface area contributed by atoms with Gasteiger partial charge in [0.05, 0.1) is 6.42 Å². The molecule has 0 atom stereocenters. The molecule has 0 aliphatic rings. The van der Waals surface area contributed by atoms with Crippen LogP contribution in [0.15, 0.2) is 54.6 Å². The van der Waals surface area contributed by atoms with E-state index in [0.717, 1.165) is 17.7 Å². The molecule has 0 spiro atoms. The monoisotopic (exact) mass is 297 g/mol. The molecule has 0 saturated heterocycles. The second-order valence-corrected chi connectivity index (χ2v) is 4.95. The minimum absolute atomic E-state index is 0.0867. The minimum Gasteiger partial charge on any atom is -0.481 e. The van der Waals surface area contributed by atoms with Gasteiger partial charge in [0.15, 0.2) is 0 Å². The molecule has 0 radical (unpaired) electrons. The number of benzene rings is 2. The molecule has 2 aromatic rings. The van der Waals surface area contributed by atoms with Gasteiger partial charge in [0.25, 0.3) is 5.91 Å². The van der Waals surface area contributed by atoms with E-state index in [2.05, 4.69) is 0 Å². The highest BCUT2D eigenvalue weighted by Crippen LogP contribution is 2.23. The quantitative estimate of drug-likeness (QED) is 0.889. The van der Waals surface area contributed by atoms with Crippen molar-refractivity contribution in [2.45, 2.75) is 19.8 Å². The first-order valence-electron chi connectivity index (χ1n) is 7.30. The predicted molar refractivity (Wildman–Crippen MR) is 86.2 cm³/mol. The molecule has 0 fully saturated rings. The molecule has 1 N–H and O–H groups in total. The largest absolute Gasteiger partial charge is 0.481 e. The third-order valence-electron chi connectivity index (χ3n) is 3.48.